The first-order valence-electron chi connectivity index (χ1n) is 13.1. The highest BCUT2D eigenvalue weighted by molar-refractivity contribution is 7.09. The molecule has 2 fully saturated rings. The van der Waals surface area contributed by atoms with Crippen LogP contribution in [-0.4, -0.2) is 63.1 Å². The average Bonchev–Trinajstić information content (AvgIpc) is 3.69. The Kier molecular flexibility index (Phi) is 8.29. The van der Waals surface area contributed by atoms with E-state index in [1.165, 1.54) is 41.8 Å². The molecule has 0 saturated carbocycles. The Morgan fingerprint density at radius 2 is 2.00 bits per heavy atom. The number of aromatic nitrogens is 2. The number of hydrogen-bond acceptors (Lipinski definition) is 7. The SMILES string of the molecule is Cc1csc(C2CCCN2C(=O)c2cc(C(=O)N[C@@H](Cc3cc(F)cc(F)c3)[C@H](O)C3CCCN3)ccn2)n1. The van der Waals surface area contributed by atoms with E-state index in [2.05, 4.69) is 20.6 Å². The number of aliphatic hydroxyl groups excluding tert-OH is 1. The summed E-state index contributed by atoms with van der Waals surface area (Å²) in [7, 11) is 0. The number of halogens is 2. The molecule has 3 N–H and O–H groups in total. The number of rotatable bonds is 8. The average molecular weight is 556 g/mol. The van der Waals surface area contributed by atoms with Gasteiger partial charge >= 0.3 is 0 Å². The van der Waals surface area contributed by atoms with Gasteiger partial charge in [0.15, 0.2) is 0 Å². The molecule has 2 aromatic heterocycles. The third-order valence-electron chi connectivity index (χ3n) is 7.29. The molecule has 0 spiro atoms. The second-order valence-corrected chi connectivity index (χ2v) is 11.1. The molecular formula is C28H31F2N5O3S. The highest BCUT2D eigenvalue weighted by Gasteiger charge is 2.34. The van der Waals surface area contributed by atoms with Crippen LogP contribution < -0.4 is 10.6 Å². The Balaban J connectivity index is 1.34. The van der Waals surface area contributed by atoms with Gasteiger partial charge in [-0.05, 0) is 75.4 Å². The van der Waals surface area contributed by atoms with Crippen LogP contribution in [0.15, 0.2) is 41.9 Å². The maximum absolute atomic E-state index is 13.8. The van der Waals surface area contributed by atoms with Crippen molar-refractivity contribution in [2.24, 2.45) is 0 Å². The fraction of sp³-hybridized carbons (Fsp3) is 0.429. The molecule has 4 heterocycles. The summed E-state index contributed by atoms with van der Waals surface area (Å²) >= 11 is 1.53. The summed E-state index contributed by atoms with van der Waals surface area (Å²) in [6.45, 7) is 3.24. The summed E-state index contributed by atoms with van der Waals surface area (Å²) in [5.41, 5.74) is 1.58. The van der Waals surface area contributed by atoms with Gasteiger partial charge in [0, 0.05) is 41.5 Å². The predicted molar refractivity (Wildman–Crippen MR) is 142 cm³/mol. The lowest BCUT2D eigenvalue weighted by atomic mass is 9.95. The Morgan fingerprint density at radius 1 is 1.21 bits per heavy atom. The van der Waals surface area contributed by atoms with E-state index in [4.69, 9.17) is 0 Å². The van der Waals surface area contributed by atoms with Crippen molar-refractivity contribution >= 4 is 23.2 Å². The number of thiazole rings is 1. The van der Waals surface area contributed by atoms with Crippen molar-refractivity contribution in [3.63, 3.8) is 0 Å². The summed E-state index contributed by atoms with van der Waals surface area (Å²) < 4.78 is 27.7. The van der Waals surface area contributed by atoms with Gasteiger partial charge in [-0.1, -0.05) is 0 Å². The number of benzene rings is 1. The van der Waals surface area contributed by atoms with E-state index in [0.717, 1.165) is 42.6 Å². The topological polar surface area (TPSA) is 107 Å². The quantitative estimate of drug-likeness (QED) is 0.393. The van der Waals surface area contributed by atoms with Crippen molar-refractivity contribution in [3.05, 3.63) is 81.1 Å². The van der Waals surface area contributed by atoms with Gasteiger partial charge in [0.05, 0.1) is 18.2 Å². The Morgan fingerprint density at radius 3 is 2.69 bits per heavy atom. The van der Waals surface area contributed by atoms with Crippen LogP contribution in [0, 0.1) is 18.6 Å². The van der Waals surface area contributed by atoms with Gasteiger partial charge in [-0.15, -0.1) is 11.3 Å². The van der Waals surface area contributed by atoms with E-state index >= 15 is 0 Å². The van der Waals surface area contributed by atoms with E-state index in [0.29, 0.717) is 18.5 Å². The Hall–Kier alpha value is -3.28. The van der Waals surface area contributed by atoms with E-state index in [-0.39, 0.29) is 35.7 Å². The molecule has 2 aliphatic rings. The molecule has 2 unspecified atom stereocenters. The number of pyridine rings is 1. The lowest BCUT2D eigenvalue weighted by molar-refractivity contribution is 0.0728. The van der Waals surface area contributed by atoms with Crippen LogP contribution in [0.1, 0.15) is 68.8 Å². The van der Waals surface area contributed by atoms with Crippen molar-refractivity contribution in [2.45, 2.75) is 63.3 Å². The molecule has 0 aliphatic carbocycles. The van der Waals surface area contributed by atoms with Crippen molar-refractivity contribution in [1.82, 2.24) is 25.5 Å². The molecule has 206 valence electrons. The minimum absolute atomic E-state index is 0.0271. The molecule has 8 nitrogen and oxygen atoms in total. The van der Waals surface area contributed by atoms with Gasteiger partial charge in [0.1, 0.15) is 22.3 Å². The number of amides is 2. The van der Waals surface area contributed by atoms with E-state index in [9.17, 15) is 23.5 Å². The van der Waals surface area contributed by atoms with Crippen LogP contribution in [0.5, 0.6) is 0 Å². The minimum atomic E-state index is -0.988. The van der Waals surface area contributed by atoms with Crippen molar-refractivity contribution in [2.75, 3.05) is 13.1 Å². The van der Waals surface area contributed by atoms with E-state index in [1.807, 2.05) is 12.3 Å². The number of nitrogens with one attached hydrogen (secondary N) is 2. The standard InChI is InChI=1S/C28H31F2N5O3S/c1-16-15-39-27(33-16)24-5-3-9-35(24)28(38)23-13-18(6-8-32-23)26(37)34-22(25(36)21-4-2-7-31-21)12-17-10-19(29)14-20(30)11-17/h6,8,10-11,13-15,21-22,24-25,31,36H,2-5,7,9,12H2,1H3,(H,34,37)/t21?,22-,24?,25+/m0/s1. The molecule has 5 rings (SSSR count). The monoisotopic (exact) mass is 555 g/mol. The third-order valence-corrected chi connectivity index (χ3v) is 8.36. The normalized spacial score (nSPS) is 20.7. The van der Waals surface area contributed by atoms with E-state index in [1.54, 1.807) is 4.90 Å². The zero-order valence-corrected chi connectivity index (χ0v) is 22.4. The van der Waals surface area contributed by atoms with Gasteiger partial charge in [-0.3, -0.25) is 14.6 Å². The van der Waals surface area contributed by atoms with Crippen molar-refractivity contribution in [1.29, 1.82) is 0 Å². The maximum Gasteiger partial charge on any atom is 0.273 e. The summed E-state index contributed by atoms with van der Waals surface area (Å²) in [5, 5.41) is 20.0. The van der Waals surface area contributed by atoms with Crippen molar-refractivity contribution in [3.8, 4) is 0 Å². The zero-order valence-electron chi connectivity index (χ0n) is 21.6. The van der Waals surface area contributed by atoms with Crippen LogP contribution in [0.2, 0.25) is 0 Å². The number of likely N-dealkylation sites (tertiary alicyclic amines) is 1. The zero-order chi connectivity index (χ0) is 27.5. The molecule has 2 aliphatic heterocycles. The molecule has 2 amide bonds. The molecule has 3 aromatic rings. The van der Waals surface area contributed by atoms with Crippen LogP contribution in [0.4, 0.5) is 8.78 Å². The van der Waals surface area contributed by atoms with Gasteiger partial charge in [0.25, 0.3) is 11.8 Å². The van der Waals surface area contributed by atoms with Gasteiger partial charge < -0.3 is 20.6 Å². The van der Waals surface area contributed by atoms with Gasteiger partial charge in [0.2, 0.25) is 0 Å². The first kappa shape index (κ1) is 27.3. The molecular weight excluding hydrogens is 524 g/mol. The lowest BCUT2D eigenvalue weighted by Gasteiger charge is -2.29. The van der Waals surface area contributed by atoms with Crippen LogP contribution in [0.3, 0.4) is 0 Å². The molecule has 0 bridgehead atoms. The Labute approximate surface area is 229 Å². The van der Waals surface area contributed by atoms with Gasteiger partial charge in [-0.2, -0.15) is 0 Å². The number of carbonyl (C=O) groups excluding carboxylic acids is 2. The lowest BCUT2D eigenvalue weighted by Crippen LogP contribution is -2.52. The Bertz CT molecular complexity index is 1330. The number of hydrogen-bond donors (Lipinski definition) is 3. The highest BCUT2D eigenvalue weighted by Crippen LogP contribution is 2.34. The molecule has 4 atom stereocenters. The highest BCUT2D eigenvalue weighted by atomic mass is 32.1. The number of carbonyl (C=O) groups is 2. The molecule has 11 heteroatoms. The first-order chi connectivity index (χ1) is 18.8. The minimum Gasteiger partial charge on any atom is -0.389 e. The summed E-state index contributed by atoms with van der Waals surface area (Å²) in [6.07, 6.45) is 3.71. The predicted octanol–water partition coefficient (Wildman–Crippen LogP) is 3.56. The van der Waals surface area contributed by atoms with Gasteiger partial charge in [-0.25, -0.2) is 13.8 Å². The second kappa shape index (κ2) is 11.8. The molecule has 0 radical (unpaired) electrons. The second-order valence-electron chi connectivity index (χ2n) is 10.2. The fourth-order valence-corrected chi connectivity index (χ4v) is 6.35. The third kappa shape index (κ3) is 6.32. The molecule has 1 aromatic carbocycles. The molecule has 39 heavy (non-hydrogen) atoms. The summed E-state index contributed by atoms with van der Waals surface area (Å²) in [5.74, 6) is -2.25. The van der Waals surface area contributed by atoms with Crippen LogP contribution >= 0.6 is 11.3 Å². The number of aryl methyl sites for hydroxylation is 1. The number of aliphatic hydroxyl groups is 1. The van der Waals surface area contributed by atoms with Crippen LogP contribution in [0.25, 0.3) is 0 Å². The van der Waals surface area contributed by atoms with Crippen molar-refractivity contribution < 1.29 is 23.5 Å². The largest absolute Gasteiger partial charge is 0.389 e. The maximum atomic E-state index is 13.8. The van der Waals surface area contributed by atoms with E-state index < -0.39 is 29.7 Å². The first-order valence-corrected chi connectivity index (χ1v) is 14.0. The fourth-order valence-electron chi connectivity index (χ4n) is 5.40. The molecule has 2 saturated heterocycles. The van der Waals surface area contributed by atoms with Crippen LogP contribution in [-0.2, 0) is 6.42 Å². The summed E-state index contributed by atoms with van der Waals surface area (Å²) in [4.78, 5) is 37.3. The number of nitrogens with zero attached hydrogens (tertiary/aromatic N) is 3. The summed E-state index contributed by atoms with van der Waals surface area (Å²) in [6, 6.07) is 4.90. The smallest absolute Gasteiger partial charge is 0.273 e.